The number of rotatable bonds is 5. The van der Waals surface area contributed by atoms with Crippen LogP contribution in [0.25, 0.3) is 27.3 Å². The lowest BCUT2D eigenvalue weighted by Crippen LogP contribution is -2.49. The van der Waals surface area contributed by atoms with Crippen LogP contribution in [0.2, 0.25) is 0 Å². The van der Waals surface area contributed by atoms with E-state index in [-0.39, 0.29) is 5.91 Å². The minimum absolute atomic E-state index is 0.0495. The van der Waals surface area contributed by atoms with Crippen LogP contribution in [0.1, 0.15) is 17.4 Å². The van der Waals surface area contributed by atoms with Gasteiger partial charge in [-0.25, -0.2) is 14.6 Å². The highest BCUT2D eigenvalue weighted by atomic mass is 32.1. The van der Waals surface area contributed by atoms with E-state index in [0.29, 0.717) is 44.4 Å². The van der Waals surface area contributed by atoms with Crippen LogP contribution in [-0.4, -0.2) is 61.3 Å². The third kappa shape index (κ3) is 3.77. The fraction of sp³-hybridized carbons (Fsp3) is 0.231. The number of fused-ring (bicyclic) bond motifs is 1. The van der Waals surface area contributed by atoms with E-state index >= 15 is 0 Å². The van der Waals surface area contributed by atoms with Crippen LogP contribution in [0.5, 0.6) is 0 Å². The molecule has 1 saturated heterocycles. The molecule has 6 rings (SSSR count). The standard InChI is InChI=1S/C26H25N7OS/c1-2-32-21(25(34)30-13-15-31(16-14-30)26-27-11-7-12-28-26)18-20-23(22-10-6-17-35-22)29-33(24(20)32)19-8-4-3-5-9-19/h3-12,17-18H,2,13-16H2,1H3. The van der Waals surface area contributed by atoms with E-state index in [9.17, 15) is 4.79 Å². The Bertz CT molecular complexity index is 1450. The summed E-state index contributed by atoms with van der Waals surface area (Å²) in [7, 11) is 0. The molecule has 1 aliphatic heterocycles. The summed E-state index contributed by atoms with van der Waals surface area (Å²) in [6.07, 6.45) is 3.50. The third-order valence-corrected chi connectivity index (χ3v) is 7.29. The molecule has 8 nitrogen and oxygen atoms in total. The number of piperazine rings is 1. The summed E-state index contributed by atoms with van der Waals surface area (Å²) in [4.78, 5) is 27.6. The number of aromatic nitrogens is 5. The number of thiophene rings is 1. The molecule has 5 aromatic rings. The lowest BCUT2D eigenvalue weighted by atomic mass is 10.2. The van der Waals surface area contributed by atoms with Crippen molar-refractivity contribution in [3.63, 3.8) is 0 Å². The molecule has 4 aromatic heterocycles. The number of anilines is 1. The maximum atomic E-state index is 13.8. The number of hydrogen-bond acceptors (Lipinski definition) is 6. The summed E-state index contributed by atoms with van der Waals surface area (Å²) in [5, 5.41) is 8.04. The molecule has 1 fully saturated rings. The Kier molecular flexibility index (Phi) is 5.54. The SMILES string of the molecule is CCn1c(C(=O)N2CCN(c3ncccn3)CC2)cc2c(-c3cccs3)nn(-c3ccccc3)c21. The molecule has 0 aliphatic carbocycles. The normalized spacial score (nSPS) is 14.1. The van der Waals surface area contributed by atoms with Gasteiger partial charge in [0.25, 0.3) is 5.91 Å². The van der Waals surface area contributed by atoms with E-state index in [0.717, 1.165) is 27.3 Å². The highest BCUT2D eigenvalue weighted by Gasteiger charge is 2.28. The zero-order chi connectivity index (χ0) is 23.8. The van der Waals surface area contributed by atoms with Crippen LogP contribution >= 0.6 is 11.3 Å². The van der Waals surface area contributed by atoms with Crippen LogP contribution in [-0.2, 0) is 6.54 Å². The minimum atomic E-state index is 0.0495. The average Bonchev–Trinajstić information content (AvgIpc) is 3.66. The van der Waals surface area contributed by atoms with E-state index in [1.54, 1.807) is 23.7 Å². The second-order valence-electron chi connectivity index (χ2n) is 8.41. The van der Waals surface area contributed by atoms with Gasteiger partial charge in [-0.2, -0.15) is 5.10 Å². The van der Waals surface area contributed by atoms with Crippen molar-refractivity contribution >= 4 is 34.2 Å². The second kappa shape index (κ2) is 8.99. The molecule has 176 valence electrons. The monoisotopic (exact) mass is 483 g/mol. The van der Waals surface area contributed by atoms with Crippen molar-refractivity contribution in [3.8, 4) is 16.3 Å². The summed E-state index contributed by atoms with van der Waals surface area (Å²) in [6, 6.07) is 18.1. The van der Waals surface area contributed by atoms with Crippen molar-refractivity contribution in [2.45, 2.75) is 13.5 Å². The highest BCUT2D eigenvalue weighted by Crippen LogP contribution is 2.35. The molecule has 9 heteroatoms. The van der Waals surface area contributed by atoms with E-state index in [4.69, 9.17) is 5.10 Å². The van der Waals surface area contributed by atoms with Crippen molar-refractivity contribution in [3.05, 3.63) is 78.1 Å². The smallest absolute Gasteiger partial charge is 0.270 e. The van der Waals surface area contributed by atoms with Gasteiger partial charge in [-0.1, -0.05) is 24.3 Å². The summed E-state index contributed by atoms with van der Waals surface area (Å²) in [5.41, 5.74) is 3.53. The van der Waals surface area contributed by atoms with Crippen molar-refractivity contribution < 1.29 is 4.79 Å². The first-order valence-corrected chi connectivity index (χ1v) is 12.7. The van der Waals surface area contributed by atoms with Gasteiger partial charge in [0.05, 0.1) is 10.6 Å². The number of para-hydroxylation sites is 1. The van der Waals surface area contributed by atoms with Gasteiger partial charge in [0.2, 0.25) is 5.95 Å². The summed E-state index contributed by atoms with van der Waals surface area (Å²) >= 11 is 1.66. The maximum Gasteiger partial charge on any atom is 0.270 e. The van der Waals surface area contributed by atoms with Gasteiger partial charge in [-0.05, 0) is 42.6 Å². The number of hydrogen-bond donors (Lipinski definition) is 0. The number of benzene rings is 1. The summed E-state index contributed by atoms with van der Waals surface area (Å²) in [6.45, 7) is 5.43. The van der Waals surface area contributed by atoms with Crippen molar-refractivity contribution in [1.29, 1.82) is 0 Å². The van der Waals surface area contributed by atoms with Gasteiger partial charge in [0, 0.05) is 50.5 Å². The van der Waals surface area contributed by atoms with Gasteiger partial charge in [0.15, 0.2) is 0 Å². The molecular weight excluding hydrogens is 458 g/mol. The number of aryl methyl sites for hydroxylation is 1. The van der Waals surface area contributed by atoms with E-state index in [1.807, 2.05) is 58.1 Å². The Balaban J connectivity index is 1.38. The molecule has 1 aromatic carbocycles. The molecule has 1 amide bonds. The van der Waals surface area contributed by atoms with E-state index in [1.165, 1.54) is 0 Å². The Morgan fingerprint density at radius 2 is 1.74 bits per heavy atom. The Labute approximate surface area is 207 Å². The molecule has 35 heavy (non-hydrogen) atoms. The van der Waals surface area contributed by atoms with Gasteiger partial charge >= 0.3 is 0 Å². The molecule has 0 atom stereocenters. The molecule has 0 N–H and O–H groups in total. The van der Waals surface area contributed by atoms with E-state index in [2.05, 4.69) is 37.8 Å². The molecule has 1 aliphatic rings. The zero-order valence-corrected chi connectivity index (χ0v) is 20.2. The molecule has 5 heterocycles. The van der Waals surface area contributed by atoms with Gasteiger partial charge in [-0.15, -0.1) is 11.3 Å². The minimum Gasteiger partial charge on any atom is -0.337 e. The Morgan fingerprint density at radius 3 is 2.43 bits per heavy atom. The fourth-order valence-electron chi connectivity index (χ4n) is 4.71. The number of carbonyl (C=O) groups excluding carboxylic acids is 1. The van der Waals surface area contributed by atoms with Gasteiger partial charge < -0.3 is 14.4 Å². The average molecular weight is 484 g/mol. The number of carbonyl (C=O) groups is 1. The van der Waals surface area contributed by atoms with Crippen molar-refractivity contribution in [2.24, 2.45) is 0 Å². The van der Waals surface area contributed by atoms with Crippen LogP contribution < -0.4 is 4.90 Å². The lowest BCUT2D eigenvalue weighted by molar-refractivity contribution is 0.0736. The molecule has 0 unspecified atom stereocenters. The first kappa shape index (κ1) is 21.5. The second-order valence-corrected chi connectivity index (χ2v) is 9.36. The van der Waals surface area contributed by atoms with Crippen LogP contribution in [0.4, 0.5) is 5.95 Å². The maximum absolute atomic E-state index is 13.8. The molecule has 0 spiro atoms. The molecule has 0 radical (unpaired) electrons. The van der Waals surface area contributed by atoms with Gasteiger partial charge in [0.1, 0.15) is 17.0 Å². The lowest BCUT2D eigenvalue weighted by Gasteiger charge is -2.34. The Hall–Kier alpha value is -3.98. The summed E-state index contributed by atoms with van der Waals surface area (Å²) < 4.78 is 4.07. The van der Waals surface area contributed by atoms with Crippen LogP contribution in [0.3, 0.4) is 0 Å². The third-order valence-electron chi connectivity index (χ3n) is 6.42. The molecule has 0 bridgehead atoms. The number of nitrogens with zero attached hydrogens (tertiary/aromatic N) is 7. The van der Waals surface area contributed by atoms with Crippen LogP contribution in [0, 0.1) is 0 Å². The Morgan fingerprint density at radius 1 is 0.971 bits per heavy atom. The highest BCUT2D eigenvalue weighted by molar-refractivity contribution is 7.13. The first-order valence-electron chi connectivity index (χ1n) is 11.8. The molecule has 0 saturated carbocycles. The summed E-state index contributed by atoms with van der Waals surface area (Å²) in [5.74, 6) is 0.763. The predicted octanol–water partition coefficient (Wildman–Crippen LogP) is 4.33. The fourth-order valence-corrected chi connectivity index (χ4v) is 5.43. The van der Waals surface area contributed by atoms with Gasteiger partial charge in [-0.3, -0.25) is 4.79 Å². The number of amides is 1. The van der Waals surface area contributed by atoms with Crippen molar-refractivity contribution in [1.82, 2.24) is 29.2 Å². The van der Waals surface area contributed by atoms with Crippen LogP contribution in [0.15, 0.2) is 72.4 Å². The first-order chi connectivity index (χ1) is 17.2. The molecular formula is C26H25N7OS. The van der Waals surface area contributed by atoms with E-state index < -0.39 is 0 Å². The van der Waals surface area contributed by atoms with Crippen molar-refractivity contribution in [2.75, 3.05) is 31.1 Å². The predicted molar refractivity (Wildman–Crippen MR) is 138 cm³/mol. The topological polar surface area (TPSA) is 72.1 Å². The largest absolute Gasteiger partial charge is 0.337 e. The zero-order valence-electron chi connectivity index (χ0n) is 19.4. The quantitative estimate of drug-likeness (QED) is 0.372.